The summed E-state index contributed by atoms with van der Waals surface area (Å²) >= 11 is 6.12. The van der Waals surface area contributed by atoms with E-state index in [9.17, 15) is 4.79 Å². The third-order valence-corrected chi connectivity index (χ3v) is 6.30. The van der Waals surface area contributed by atoms with Crippen LogP contribution in [0.15, 0.2) is 54.9 Å². The van der Waals surface area contributed by atoms with Gasteiger partial charge in [-0.15, -0.1) is 0 Å². The second kappa shape index (κ2) is 13.9. The molecule has 0 bridgehead atoms. The molecule has 0 saturated carbocycles. The maximum atomic E-state index is 11.6. The van der Waals surface area contributed by atoms with E-state index in [1.165, 1.54) is 0 Å². The summed E-state index contributed by atoms with van der Waals surface area (Å²) in [4.78, 5) is 20.6. The molecule has 9 nitrogen and oxygen atoms in total. The monoisotopic (exact) mass is 537 g/mol. The molecular weight excluding hydrogens is 506 g/mol. The number of rotatable bonds is 15. The molecule has 2 aromatic carbocycles. The van der Waals surface area contributed by atoms with Crippen molar-refractivity contribution in [3.8, 4) is 5.75 Å². The van der Waals surface area contributed by atoms with Crippen LogP contribution in [0.5, 0.6) is 5.75 Å². The van der Waals surface area contributed by atoms with E-state index in [0.29, 0.717) is 48.2 Å². The number of nitrogens with two attached hydrogens (primary N) is 1. The fraction of sp³-hybridized carbons (Fsp3) is 0.321. The predicted molar refractivity (Wildman–Crippen MR) is 150 cm³/mol. The standard InChI is InChI=1S/C28H32ClN5O4/c29-24-6-3-19(15-26(24)38-14-11-35)17-31-8-1-2-12-37-13-10-33-28-22-7-9-32-18-23(22)21-5-4-20(27(30)36)16-25(21)34-28/h3-7,9,15-16,18,31,35H,1-2,8,10-14,17H2,(H2,30,36)(H,33,34). The lowest BCUT2D eigenvalue weighted by molar-refractivity contribution is 0.100. The number of aromatic nitrogens is 2. The van der Waals surface area contributed by atoms with Crippen LogP contribution in [-0.4, -0.2) is 60.5 Å². The van der Waals surface area contributed by atoms with Crippen LogP contribution in [0.1, 0.15) is 28.8 Å². The van der Waals surface area contributed by atoms with Gasteiger partial charge in [0.15, 0.2) is 0 Å². The molecule has 1 amide bonds. The van der Waals surface area contributed by atoms with Crippen molar-refractivity contribution in [3.05, 3.63) is 71.0 Å². The van der Waals surface area contributed by atoms with Gasteiger partial charge >= 0.3 is 0 Å². The number of ether oxygens (including phenoxy) is 2. The first kappa shape index (κ1) is 27.5. The molecule has 0 saturated heterocycles. The predicted octanol–water partition coefficient (Wildman–Crippen LogP) is 3.90. The molecule has 0 radical (unpaired) electrons. The van der Waals surface area contributed by atoms with Crippen molar-refractivity contribution >= 4 is 45.0 Å². The molecule has 0 atom stereocenters. The third kappa shape index (κ3) is 7.29. The minimum atomic E-state index is -0.485. The van der Waals surface area contributed by atoms with E-state index >= 15 is 0 Å². The molecule has 2 heterocycles. The first-order chi connectivity index (χ1) is 18.6. The van der Waals surface area contributed by atoms with Crippen LogP contribution in [0, 0.1) is 0 Å². The second-order valence-corrected chi connectivity index (χ2v) is 9.14. The van der Waals surface area contributed by atoms with Gasteiger partial charge in [0.05, 0.1) is 23.8 Å². The number of halogens is 1. The number of carbonyl (C=O) groups is 1. The number of nitrogens with one attached hydrogen (secondary N) is 2. The molecule has 0 unspecified atom stereocenters. The van der Waals surface area contributed by atoms with Gasteiger partial charge in [-0.25, -0.2) is 4.98 Å². The zero-order chi connectivity index (χ0) is 26.7. The van der Waals surface area contributed by atoms with Crippen molar-refractivity contribution in [1.82, 2.24) is 15.3 Å². The average molecular weight is 538 g/mol. The Morgan fingerprint density at radius 1 is 1.00 bits per heavy atom. The Bertz CT molecular complexity index is 1380. The second-order valence-electron chi connectivity index (χ2n) is 8.74. The number of carbonyl (C=O) groups excluding carboxylic acids is 1. The Hall–Kier alpha value is -3.50. The maximum absolute atomic E-state index is 11.6. The molecule has 4 rings (SSSR count). The minimum Gasteiger partial charge on any atom is -0.490 e. The van der Waals surface area contributed by atoms with Gasteiger partial charge < -0.3 is 30.9 Å². The van der Waals surface area contributed by atoms with Crippen molar-refractivity contribution in [1.29, 1.82) is 0 Å². The summed E-state index contributed by atoms with van der Waals surface area (Å²) in [5, 5.41) is 19.0. The van der Waals surface area contributed by atoms with Crippen LogP contribution in [-0.2, 0) is 11.3 Å². The number of hydrogen-bond acceptors (Lipinski definition) is 8. The van der Waals surface area contributed by atoms with E-state index in [2.05, 4.69) is 15.6 Å². The van der Waals surface area contributed by atoms with E-state index in [0.717, 1.165) is 46.9 Å². The SMILES string of the molecule is NC(=O)c1ccc2c(c1)nc(NCCOCCCCNCc1ccc(Cl)c(OCCO)c1)c1ccncc12. The summed E-state index contributed by atoms with van der Waals surface area (Å²) in [7, 11) is 0. The lowest BCUT2D eigenvalue weighted by Crippen LogP contribution is -2.16. The lowest BCUT2D eigenvalue weighted by Gasteiger charge is -2.12. The van der Waals surface area contributed by atoms with Gasteiger partial charge in [-0.1, -0.05) is 23.7 Å². The van der Waals surface area contributed by atoms with Crippen LogP contribution in [0.25, 0.3) is 21.7 Å². The number of benzene rings is 2. The number of amides is 1. The Labute approximate surface area is 226 Å². The van der Waals surface area contributed by atoms with Gasteiger partial charge in [0.2, 0.25) is 5.91 Å². The van der Waals surface area contributed by atoms with E-state index in [4.69, 9.17) is 36.9 Å². The lowest BCUT2D eigenvalue weighted by atomic mass is 10.1. The number of hydrogen-bond donors (Lipinski definition) is 4. The molecule has 2 aromatic heterocycles. The normalized spacial score (nSPS) is 11.2. The molecule has 10 heteroatoms. The molecule has 0 fully saturated rings. The van der Waals surface area contributed by atoms with Crippen molar-refractivity contribution in [2.45, 2.75) is 19.4 Å². The van der Waals surface area contributed by atoms with Crippen LogP contribution in [0.3, 0.4) is 0 Å². The number of primary amides is 1. The molecule has 4 aromatic rings. The quantitative estimate of drug-likeness (QED) is 0.133. The number of aliphatic hydroxyl groups excluding tert-OH is 1. The number of aliphatic hydroxyl groups is 1. The first-order valence-electron chi connectivity index (χ1n) is 12.6. The van der Waals surface area contributed by atoms with Crippen molar-refractivity contribution in [2.24, 2.45) is 5.73 Å². The topological polar surface area (TPSA) is 132 Å². The number of pyridine rings is 2. The fourth-order valence-corrected chi connectivity index (χ4v) is 4.26. The van der Waals surface area contributed by atoms with E-state index in [1.54, 1.807) is 30.6 Å². The summed E-state index contributed by atoms with van der Waals surface area (Å²) in [6.07, 6.45) is 5.47. The van der Waals surface area contributed by atoms with E-state index in [1.807, 2.05) is 24.3 Å². The van der Waals surface area contributed by atoms with Gasteiger partial charge in [-0.3, -0.25) is 9.78 Å². The molecule has 5 N–H and O–H groups in total. The molecule has 0 aliphatic carbocycles. The summed E-state index contributed by atoms with van der Waals surface area (Å²) < 4.78 is 11.2. The van der Waals surface area contributed by atoms with Crippen LogP contribution < -0.4 is 21.1 Å². The van der Waals surface area contributed by atoms with Crippen LogP contribution in [0.2, 0.25) is 5.02 Å². The average Bonchev–Trinajstić information content (AvgIpc) is 2.93. The number of anilines is 1. The number of nitrogens with zero attached hydrogens (tertiary/aromatic N) is 2. The summed E-state index contributed by atoms with van der Waals surface area (Å²) in [6.45, 7) is 3.55. The highest BCUT2D eigenvalue weighted by Crippen LogP contribution is 2.29. The Morgan fingerprint density at radius 3 is 2.74 bits per heavy atom. The van der Waals surface area contributed by atoms with Crippen molar-refractivity contribution in [3.63, 3.8) is 0 Å². The summed E-state index contributed by atoms with van der Waals surface area (Å²) in [6, 6.07) is 12.8. The highest BCUT2D eigenvalue weighted by Gasteiger charge is 2.10. The highest BCUT2D eigenvalue weighted by molar-refractivity contribution is 6.32. The molecule has 0 aliphatic rings. The molecule has 38 heavy (non-hydrogen) atoms. The van der Waals surface area contributed by atoms with Gasteiger partial charge in [0.25, 0.3) is 0 Å². The zero-order valence-electron chi connectivity index (χ0n) is 21.1. The van der Waals surface area contributed by atoms with Crippen LogP contribution in [0.4, 0.5) is 5.82 Å². The first-order valence-corrected chi connectivity index (χ1v) is 13.0. The summed E-state index contributed by atoms with van der Waals surface area (Å²) in [5.74, 6) is 0.818. The fourth-order valence-electron chi connectivity index (χ4n) is 4.09. The smallest absolute Gasteiger partial charge is 0.248 e. The molecule has 200 valence electrons. The highest BCUT2D eigenvalue weighted by atomic mass is 35.5. The maximum Gasteiger partial charge on any atom is 0.248 e. The largest absolute Gasteiger partial charge is 0.490 e. The van der Waals surface area contributed by atoms with Crippen molar-refractivity contribution < 1.29 is 19.4 Å². The van der Waals surface area contributed by atoms with E-state index in [-0.39, 0.29) is 13.2 Å². The van der Waals surface area contributed by atoms with Gasteiger partial charge in [-0.2, -0.15) is 0 Å². The van der Waals surface area contributed by atoms with Gasteiger partial charge in [0.1, 0.15) is 18.2 Å². The van der Waals surface area contributed by atoms with Gasteiger partial charge in [-0.05, 0) is 55.3 Å². The Balaban J connectivity index is 1.18. The van der Waals surface area contributed by atoms with E-state index < -0.39 is 5.91 Å². The third-order valence-electron chi connectivity index (χ3n) is 5.99. The van der Waals surface area contributed by atoms with Crippen molar-refractivity contribution in [2.75, 3.05) is 44.8 Å². The van der Waals surface area contributed by atoms with Gasteiger partial charge in [0, 0.05) is 53.8 Å². The Kier molecular flexibility index (Phi) is 10.1. The molecular formula is C28H32ClN5O4. The molecule has 0 spiro atoms. The number of fused-ring (bicyclic) bond motifs is 3. The Morgan fingerprint density at radius 2 is 1.89 bits per heavy atom. The van der Waals surface area contributed by atoms with Crippen LogP contribution >= 0.6 is 11.6 Å². The minimum absolute atomic E-state index is 0.0505. The molecule has 0 aliphatic heterocycles. The zero-order valence-corrected chi connectivity index (χ0v) is 21.8. The number of unbranched alkanes of at least 4 members (excludes halogenated alkanes) is 1. The summed E-state index contributed by atoms with van der Waals surface area (Å²) in [5.41, 5.74) is 7.62.